The average molecular weight is 199 g/mol. The molecule has 0 unspecified atom stereocenters. The molecule has 0 heterocycles. The normalized spacial score (nSPS) is 16.4. The minimum Gasteiger partial charge on any atom is -0.466 e. The molecule has 0 saturated heterocycles. The van der Waals surface area contributed by atoms with Crippen molar-refractivity contribution in [1.82, 2.24) is 5.32 Å². The maximum atomic E-state index is 10.9. The molecule has 1 N–H and O–H groups in total. The summed E-state index contributed by atoms with van der Waals surface area (Å²) in [7, 11) is 0. The van der Waals surface area contributed by atoms with E-state index in [1.807, 2.05) is 6.92 Å². The van der Waals surface area contributed by atoms with Gasteiger partial charge in [0.1, 0.15) is 0 Å². The first-order valence-corrected chi connectivity index (χ1v) is 5.69. The van der Waals surface area contributed by atoms with Crippen molar-refractivity contribution in [1.29, 1.82) is 0 Å². The van der Waals surface area contributed by atoms with E-state index >= 15 is 0 Å². The van der Waals surface area contributed by atoms with Crippen LogP contribution < -0.4 is 5.32 Å². The van der Waals surface area contributed by atoms with Gasteiger partial charge in [0.25, 0.3) is 0 Å². The first-order chi connectivity index (χ1) is 6.83. The Labute approximate surface area is 86.2 Å². The lowest BCUT2D eigenvalue weighted by atomic mass is 9.83. The number of nitrogens with one attached hydrogen (secondary N) is 1. The standard InChI is InChI=1S/C11H21NO2/c1-2-14-11(13)7-9-12-8-6-10-4-3-5-10/h10,12H,2-9H2,1H3. The molecule has 3 nitrogen and oxygen atoms in total. The van der Waals surface area contributed by atoms with Crippen molar-refractivity contribution in [3.05, 3.63) is 0 Å². The largest absolute Gasteiger partial charge is 0.466 e. The van der Waals surface area contributed by atoms with Gasteiger partial charge in [0.2, 0.25) is 0 Å². The summed E-state index contributed by atoms with van der Waals surface area (Å²) in [5.41, 5.74) is 0. The number of hydrogen-bond acceptors (Lipinski definition) is 3. The van der Waals surface area contributed by atoms with E-state index < -0.39 is 0 Å². The minimum atomic E-state index is -0.0938. The Morgan fingerprint density at radius 1 is 1.43 bits per heavy atom. The lowest BCUT2D eigenvalue weighted by Crippen LogP contribution is -2.24. The van der Waals surface area contributed by atoms with Gasteiger partial charge in [-0.3, -0.25) is 4.79 Å². The van der Waals surface area contributed by atoms with Crippen molar-refractivity contribution >= 4 is 5.97 Å². The monoisotopic (exact) mass is 199 g/mol. The van der Waals surface area contributed by atoms with Gasteiger partial charge in [0, 0.05) is 6.54 Å². The Morgan fingerprint density at radius 2 is 2.21 bits per heavy atom. The van der Waals surface area contributed by atoms with Crippen molar-refractivity contribution in [2.24, 2.45) is 5.92 Å². The fourth-order valence-corrected chi connectivity index (χ4v) is 1.64. The number of esters is 1. The van der Waals surface area contributed by atoms with Crippen LogP contribution in [-0.4, -0.2) is 25.7 Å². The van der Waals surface area contributed by atoms with Gasteiger partial charge in [0.05, 0.1) is 13.0 Å². The molecule has 0 aromatic carbocycles. The summed E-state index contributed by atoms with van der Waals surface area (Å²) < 4.78 is 4.82. The first-order valence-electron chi connectivity index (χ1n) is 5.69. The quantitative estimate of drug-likeness (QED) is 0.501. The zero-order chi connectivity index (χ0) is 10.2. The minimum absolute atomic E-state index is 0.0938. The summed E-state index contributed by atoms with van der Waals surface area (Å²) in [4.78, 5) is 10.9. The van der Waals surface area contributed by atoms with Crippen LogP contribution in [0.5, 0.6) is 0 Å². The Balaban J connectivity index is 1.81. The summed E-state index contributed by atoms with van der Waals surface area (Å²) in [6.45, 7) is 4.12. The van der Waals surface area contributed by atoms with Crippen LogP contribution >= 0.6 is 0 Å². The van der Waals surface area contributed by atoms with Gasteiger partial charge in [-0.05, 0) is 25.8 Å². The van der Waals surface area contributed by atoms with Crippen LogP contribution in [0, 0.1) is 5.92 Å². The van der Waals surface area contributed by atoms with Crippen molar-refractivity contribution < 1.29 is 9.53 Å². The number of ether oxygens (including phenoxy) is 1. The zero-order valence-corrected chi connectivity index (χ0v) is 9.05. The third kappa shape index (κ3) is 4.61. The Bertz CT molecular complexity index is 167. The first kappa shape index (κ1) is 11.5. The maximum absolute atomic E-state index is 10.9. The van der Waals surface area contributed by atoms with Crippen LogP contribution in [0.15, 0.2) is 0 Å². The van der Waals surface area contributed by atoms with Gasteiger partial charge in [-0.25, -0.2) is 0 Å². The molecule has 3 heteroatoms. The number of carbonyl (C=O) groups excluding carboxylic acids is 1. The third-order valence-electron chi connectivity index (χ3n) is 2.77. The predicted molar refractivity (Wildman–Crippen MR) is 56.1 cm³/mol. The van der Waals surface area contributed by atoms with Crippen LogP contribution in [-0.2, 0) is 9.53 Å². The molecule has 1 aliphatic rings. The summed E-state index contributed by atoms with van der Waals surface area (Å²) >= 11 is 0. The molecule has 1 saturated carbocycles. The molecule has 0 bridgehead atoms. The van der Waals surface area contributed by atoms with E-state index in [4.69, 9.17) is 4.74 Å². The topological polar surface area (TPSA) is 38.3 Å². The number of hydrogen-bond donors (Lipinski definition) is 1. The molecule has 0 aliphatic heterocycles. The Hall–Kier alpha value is -0.570. The SMILES string of the molecule is CCOC(=O)CCNCCC1CCC1. The molecule has 0 spiro atoms. The van der Waals surface area contributed by atoms with Crippen molar-refractivity contribution in [3.8, 4) is 0 Å². The zero-order valence-electron chi connectivity index (χ0n) is 9.05. The second-order valence-electron chi connectivity index (χ2n) is 3.89. The molecule has 0 atom stereocenters. The van der Waals surface area contributed by atoms with E-state index in [1.54, 1.807) is 0 Å². The molecular formula is C11H21NO2. The highest BCUT2D eigenvalue weighted by molar-refractivity contribution is 5.69. The van der Waals surface area contributed by atoms with E-state index in [2.05, 4.69) is 5.32 Å². The molecule has 0 aromatic heterocycles. The molecular weight excluding hydrogens is 178 g/mol. The second-order valence-corrected chi connectivity index (χ2v) is 3.89. The number of rotatable bonds is 7. The Kier molecular flexibility index (Phi) is 5.60. The van der Waals surface area contributed by atoms with Crippen LogP contribution in [0.1, 0.15) is 39.0 Å². The molecule has 0 amide bonds. The molecule has 1 fully saturated rings. The molecule has 14 heavy (non-hydrogen) atoms. The van der Waals surface area contributed by atoms with Crippen LogP contribution in [0.2, 0.25) is 0 Å². The summed E-state index contributed by atoms with van der Waals surface area (Å²) in [5.74, 6) is 0.855. The Morgan fingerprint density at radius 3 is 2.79 bits per heavy atom. The van der Waals surface area contributed by atoms with Crippen molar-refractivity contribution in [2.45, 2.75) is 39.0 Å². The summed E-state index contributed by atoms with van der Waals surface area (Å²) in [6.07, 6.45) is 5.98. The van der Waals surface area contributed by atoms with E-state index in [0.29, 0.717) is 13.0 Å². The lowest BCUT2D eigenvalue weighted by Gasteiger charge is -2.25. The van der Waals surface area contributed by atoms with E-state index in [1.165, 1.54) is 25.7 Å². The molecule has 0 aromatic rings. The summed E-state index contributed by atoms with van der Waals surface area (Å²) in [5, 5.41) is 3.27. The van der Waals surface area contributed by atoms with Gasteiger partial charge in [-0.2, -0.15) is 0 Å². The number of carbonyl (C=O) groups is 1. The van der Waals surface area contributed by atoms with Crippen molar-refractivity contribution in [2.75, 3.05) is 19.7 Å². The van der Waals surface area contributed by atoms with Gasteiger partial charge < -0.3 is 10.1 Å². The van der Waals surface area contributed by atoms with Crippen LogP contribution in [0.4, 0.5) is 0 Å². The molecule has 1 aliphatic carbocycles. The fraction of sp³-hybridized carbons (Fsp3) is 0.909. The van der Waals surface area contributed by atoms with E-state index in [-0.39, 0.29) is 5.97 Å². The van der Waals surface area contributed by atoms with Crippen molar-refractivity contribution in [3.63, 3.8) is 0 Å². The fourth-order valence-electron chi connectivity index (χ4n) is 1.64. The third-order valence-corrected chi connectivity index (χ3v) is 2.77. The molecule has 1 rings (SSSR count). The summed E-state index contributed by atoms with van der Waals surface area (Å²) in [6, 6.07) is 0. The maximum Gasteiger partial charge on any atom is 0.307 e. The highest BCUT2D eigenvalue weighted by Gasteiger charge is 2.16. The molecule has 0 radical (unpaired) electrons. The van der Waals surface area contributed by atoms with Gasteiger partial charge in [-0.15, -0.1) is 0 Å². The highest BCUT2D eigenvalue weighted by atomic mass is 16.5. The second kappa shape index (κ2) is 6.82. The average Bonchev–Trinajstić information content (AvgIpc) is 2.08. The van der Waals surface area contributed by atoms with Crippen LogP contribution in [0.25, 0.3) is 0 Å². The van der Waals surface area contributed by atoms with Gasteiger partial charge >= 0.3 is 5.97 Å². The van der Waals surface area contributed by atoms with E-state index in [0.717, 1.165) is 19.0 Å². The van der Waals surface area contributed by atoms with Crippen LogP contribution in [0.3, 0.4) is 0 Å². The highest BCUT2D eigenvalue weighted by Crippen LogP contribution is 2.28. The van der Waals surface area contributed by atoms with E-state index in [9.17, 15) is 4.79 Å². The molecule has 82 valence electrons. The smallest absolute Gasteiger partial charge is 0.307 e. The predicted octanol–water partition coefficient (Wildman–Crippen LogP) is 1.72. The van der Waals surface area contributed by atoms with Gasteiger partial charge in [-0.1, -0.05) is 19.3 Å². The van der Waals surface area contributed by atoms with Gasteiger partial charge in [0.15, 0.2) is 0 Å². The lowest BCUT2D eigenvalue weighted by molar-refractivity contribution is -0.142.